The van der Waals surface area contributed by atoms with Crippen molar-refractivity contribution in [3.05, 3.63) is 53.5 Å². The van der Waals surface area contributed by atoms with Gasteiger partial charge in [0.05, 0.1) is 0 Å². The van der Waals surface area contributed by atoms with E-state index < -0.39 is 0 Å². The van der Waals surface area contributed by atoms with E-state index in [-0.39, 0.29) is 0 Å². The number of rotatable bonds is 7. The zero-order valence-corrected chi connectivity index (χ0v) is 11.6. The average molecular weight is 290 g/mol. The van der Waals surface area contributed by atoms with Gasteiger partial charge >= 0.3 is 110 Å². The summed E-state index contributed by atoms with van der Waals surface area (Å²) in [6.45, 7) is 3.78. The first-order valence-corrected chi connectivity index (χ1v) is 7.59. The molecule has 0 unspecified atom stereocenters. The summed E-state index contributed by atoms with van der Waals surface area (Å²) in [5, 5.41) is 8.53. The number of allylic oxidation sites excluding steroid dienone is 2. The van der Waals surface area contributed by atoms with Gasteiger partial charge in [-0.2, -0.15) is 0 Å². The van der Waals surface area contributed by atoms with E-state index in [2.05, 4.69) is 41.9 Å². The Morgan fingerprint density at radius 2 is 2.12 bits per heavy atom. The monoisotopic (exact) mass is 291 g/mol. The van der Waals surface area contributed by atoms with Crippen molar-refractivity contribution in [3.63, 3.8) is 0 Å². The Morgan fingerprint density at radius 3 is 2.76 bits per heavy atom. The van der Waals surface area contributed by atoms with Gasteiger partial charge in [0.2, 0.25) is 0 Å². The van der Waals surface area contributed by atoms with Crippen LogP contribution in [-0.4, -0.2) is 15.0 Å². The van der Waals surface area contributed by atoms with E-state index >= 15 is 0 Å². The normalized spacial score (nSPS) is 10.9. The van der Waals surface area contributed by atoms with Crippen molar-refractivity contribution in [1.29, 1.82) is 5.26 Å². The van der Waals surface area contributed by atoms with E-state index in [1.807, 2.05) is 12.1 Å². The van der Waals surface area contributed by atoms with E-state index in [1.165, 1.54) is 10.0 Å². The van der Waals surface area contributed by atoms with Crippen LogP contribution in [-0.2, 0) is 0 Å². The van der Waals surface area contributed by atoms with Crippen molar-refractivity contribution in [2.24, 2.45) is 0 Å². The Labute approximate surface area is 110 Å². The number of nitrogens with zero attached hydrogens (tertiary/aromatic N) is 1. The van der Waals surface area contributed by atoms with Gasteiger partial charge in [-0.1, -0.05) is 0 Å². The van der Waals surface area contributed by atoms with Gasteiger partial charge in [-0.05, 0) is 0 Å². The maximum absolute atomic E-state index is 8.53. The molecule has 0 heterocycles. The second kappa shape index (κ2) is 8.82. The summed E-state index contributed by atoms with van der Waals surface area (Å²) in [7, 11) is 0. The van der Waals surface area contributed by atoms with Crippen LogP contribution in [0.4, 0.5) is 0 Å². The number of nitriles is 1. The summed E-state index contributed by atoms with van der Waals surface area (Å²) in [6.07, 6.45) is 5.52. The number of benzene rings is 1. The Kier molecular flexibility index (Phi) is 7.14. The van der Waals surface area contributed by atoms with Crippen molar-refractivity contribution in [2.75, 3.05) is 0 Å². The molecule has 0 saturated heterocycles. The van der Waals surface area contributed by atoms with Gasteiger partial charge < -0.3 is 0 Å². The first-order chi connectivity index (χ1) is 8.36. The van der Waals surface area contributed by atoms with Gasteiger partial charge in [-0.15, -0.1) is 0 Å². The molecule has 0 amide bonds. The van der Waals surface area contributed by atoms with E-state index in [9.17, 15) is 0 Å². The molecule has 1 rings (SSSR count). The second-order valence-electron chi connectivity index (χ2n) is 3.71. The molecule has 0 fully saturated rings. The summed E-state index contributed by atoms with van der Waals surface area (Å²) in [5.41, 5.74) is 1.42. The SMILES string of the molecule is C=CC/C(=C\[Se]c1ccccc1)CCCC#N. The molecule has 0 aromatic heterocycles. The van der Waals surface area contributed by atoms with Crippen LogP contribution in [0.5, 0.6) is 0 Å². The molecule has 2 heteroatoms. The van der Waals surface area contributed by atoms with Crippen LogP contribution >= 0.6 is 0 Å². The second-order valence-corrected chi connectivity index (χ2v) is 5.69. The fourth-order valence-corrected chi connectivity index (χ4v) is 3.18. The van der Waals surface area contributed by atoms with Crippen LogP contribution in [0, 0.1) is 11.3 Å². The molecule has 0 aliphatic heterocycles. The quantitative estimate of drug-likeness (QED) is 0.430. The van der Waals surface area contributed by atoms with Crippen LogP contribution in [0.1, 0.15) is 25.7 Å². The summed E-state index contributed by atoms with van der Waals surface area (Å²) < 4.78 is 1.39. The van der Waals surface area contributed by atoms with Gasteiger partial charge in [0.15, 0.2) is 0 Å². The molecule has 0 N–H and O–H groups in total. The van der Waals surface area contributed by atoms with E-state index in [0.717, 1.165) is 19.3 Å². The third kappa shape index (κ3) is 6.12. The number of hydrogen-bond acceptors (Lipinski definition) is 1. The predicted octanol–water partition coefficient (Wildman–Crippen LogP) is 3.17. The third-order valence-electron chi connectivity index (χ3n) is 2.30. The van der Waals surface area contributed by atoms with Crippen molar-refractivity contribution in [3.8, 4) is 6.07 Å². The first kappa shape index (κ1) is 13.8. The Hall–Kier alpha value is -1.29. The van der Waals surface area contributed by atoms with Gasteiger partial charge in [-0.3, -0.25) is 0 Å². The Morgan fingerprint density at radius 1 is 1.35 bits per heavy atom. The first-order valence-electron chi connectivity index (χ1n) is 5.74. The zero-order chi connectivity index (χ0) is 12.3. The molecule has 17 heavy (non-hydrogen) atoms. The van der Waals surface area contributed by atoms with Crippen molar-refractivity contribution in [2.45, 2.75) is 25.7 Å². The minimum absolute atomic E-state index is 0.395. The minimum atomic E-state index is 0.395. The molecule has 1 nitrogen and oxygen atoms in total. The van der Waals surface area contributed by atoms with Crippen molar-refractivity contribution < 1.29 is 0 Å². The molecule has 0 bridgehead atoms. The predicted molar refractivity (Wildman–Crippen MR) is 74.2 cm³/mol. The summed E-state index contributed by atoms with van der Waals surface area (Å²) >= 11 is 0.395. The molecule has 0 atom stereocenters. The fourth-order valence-electron chi connectivity index (χ4n) is 1.44. The molecule has 0 spiro atoms. The molecule has 0 radical (unpaired) electrons. The molecule has 1 aromatic rings. The molecular formula is C15H17NSe. The molecule has 0 aliphatic carbocycles. The molecule has 1 aromatic carbocycles. The molecule has 0 aliphatic rings. The van der Waals surface area contributed by atoms with Gasteiger partial charge in [-0.25, -0.2) is 0 Å². The number of unbranched alkanes of at least 4 members (excludes halogenated alkanes) is 1. The average Bonchev–Trinajstić information content (AvgIpc) is 2.37. The Balaban J connectivity index is 2.51. The van der Waals surface area contributed by atoms with Crippen molar-refractivity contribution in [1.82, 2.24) is 0 Å². The van der Waals surface area contributed by atoms with Gasteiger partial charge in [0.1, 0.15) is 0 Å². The van der Waals surface area contributed by atoms with Crippen LogP contribution in [0.3, 0.4) is 0 Å². The fraction of sp³-hybridized carbons (Fsp3) is 0.267. The van der Waals surface area contributed by atoms with E-state index in [0.29, 0.717) is 21.4 Å². The van der Waals surface area contributed by atoms with Crippen molar-refractivity contribution >= 4 is 19.4 Å². The number of hydrogen-bond donors (Lipinski definition) is 0. The van der Waals surface area contributed by atoms with Gasteiger partial charge in [0, 0.05) is 0 Å². The van der Waals surface area contributed by atoms with Crippen LogP contribution < -0.4 is 4.46 Å². The molecular weight excluding hydrogens is 273 g/mol. The van der Waals surface area contributed by atoms with Crippen LogP contribution in [0.15, 0.2) is 53.5 Å². The third-order valence-corrected chi connectivity index (χ3v) is 4.39. The topological polar surface area (TPSA) is 23.8 Å². The van der Waals surface area contributed by atoms with Crippen LogP contribution in [0.25, 0.3) is 0 Å². The van der Waals surface area contributed by atoms with Gasteiger partial charge in [0.25, 0.3) is 0 Å². The molecule has 88 valence electrons. The zero-order valence-electron chi connectivity index (χ0n) is 9.93. The summed E-state index contributed by atoms with van der Waals surface area (Å²) in [4.78, 5) is 2.33. The van der Waals surface area contributed by atoms with Crippen LogP contribution in [0.2, 0.25) is 0 Å². The van der Waals surface area contributed by atoms with E-state index in [4.69, 9.17) is 5.26 Å². The van der Waals surface area contributed by atoms with E-state index in [1.54, 1.807) is 0 Å². The summed E-state index contributed by atoms with van der Waals surface area (Å²) in [6, 6.07) is 12.7. The Bertz CT molecular complexity index is 401. The standard InChI is InChI=1S/C15H17NSe/c1-2-8-14(9-6-7-12-16)13-17-15-10-4-3-5-11-15/h2-5,10-11,13H,1,6-9H2/b14-13+. The summed E-state index contributed by atoms with van der Waals surface area (Å²) in [5.74, 6) is 0. The maximum atomic E-state index is 8.53. The molecule has 0 saturated carbocycles.